The number of ether oxygens (including phenoxy) is 3. The number of anilines is 1. The van der Waals surface area contributed by atoms with E-state index >= 15 is 0 Å². The van der Waals surface area contributed by atoms with Gasteiger partial charge in [-0.25, -0.2) is 0 Å². The number of nitrogens with zero attached hydrogens (tertiary/aromatic N) is 2. The van der Waals surface area contributed by atoms with E-state index in [0.29, 0.717) is 19.8 Å². The van der Waals surface area contributed by atoms with Crippen LogP contribution in [0.5, 0.6) is 11.5 Å². The summed E-state index contributed by atoms with van der Waals surface area (Å²) in [6.07, 6.45) is -0.678. The normalized spacial score (nSPS) is 20.5. The SMILES string of the molecule is O[C@@H](COC[C@@H]1COc2ccccc2O1)CN1CCN(c2cccc(Cl)c2)CC1. The summed E-state index contributed by atoms with van der Waals surface area (Å²) in [5.74, 6) is 1.51. The van der Waals surface area contributed by atoms with Crippen molar-refractivity contribution in [1.82, 2.24) is 4.90 Å². The van der Waals surface area contributed by atoms with Crippen LogP contribution < -0.4 is 14.4 Å². The molecule has 0 radical (unpaired) electrons. The molecule has 7 heteroatoms. The topological polar surface area (TPSA) is 54.4 Å². The molecule has 2 atom stereocenters. The Morgan fingerprint density at radius 3 is 2.66 bits per heavy atom. The Hall–Kier alpha value is -1.99. The van der Waals surface area contributed by atoms with Crippen molar-refractivity contribution >= 4 is 17.3 Å². The molecule has 1 fully saturated rings. The van der Waals surface area contributed by atoms with E-state index in [2.05, 4.69) is 15.9 Å². The molecule has 0 saturated carbocycles. The molecule has 2 aromatic carbocycles. The highest BCUT2D eigenvalue weighted by Gasteiger charge is 2.22. The molecule has 1 N–H and O–H groups in total. The van der Waals surface area contributed by atoms with Crippen LogP contribution in [-0.2, 0) is 4.74 Å². The van der Waals surface area contributed by atoms with Gasteiger partial charge in [0, 0.05) is 43.4 Å². The van der Waals surface area contributed by atoms with E-state index in [1.807, 2.05) is 42.5 Å². The van der Waals surface area contributed by atoms with Gasteiger partial charge < -0.3 is 24.2 Å². The molecule has 4 rings (SSSR count). The highest BCUT2D eigenvalue weighted by molar-refractivity contribution is 6.30. The number of halogens is 1. The Balaban J connectivity index is 1.14. The smallest absolute Gasteiger partial charge is 0.161 e. The van der Waals surface area contributed by atoms with E-state index in [-0.39, 0.29) is 12.7 Å². The summed E-state index contributed by atoms with van der Waals surface area (Å²) in [6.45, 7) is 5.39. The van der Waals surface area contributed by atoms with Crippen LogP contribution in [0.2, 0.25) is 5.02 Å². The van der Waals surface area contributed by atoms with Gasteiger partial charge in [-0.15, -0.1) is 0 Å². The van der Waals surface area contributed by atoms with Gasteiger partial charge >= 0.3 is 0 Å². The van der Waals surface area contributed by atoms with Crippen LogP contribution in [0.3, 0.4) is 0 Å². The van der Waals surface area contributed by atoms with Gasteiger partial charge in [0.15, 0.2) is 17.6 Å². The Morgan fingerprint density at radius 2 is 1.86 bits per heavy atom. The number of piperazine rings is 1. The van der Waals surface area contributed by atoms with E-state index in [0.717, 1.165) is 48.4 Å². The molecule has 0 aromatic heterocycles. The van der Waals surface area contributed by atoms with Gasteiger partial charge in [-0.2, -0.15) is 0 Å². The first kappa shape index (κ1) is 20.3. The molecular formula is C22H27ClN2O4. The van der Waals surface area contributed by atoms with E-state index in [4.69, 9.17) is 25.8 Å². The molecule has 2 aliphatic heterocycles. The lowest BCUT2D eigenvalue weighted by molar-refractivity contribution is -0.0292. The second-order valence-electron chi connectivity index (χ2n) is 7.46. The Labute approximate surface area is 176 Å². The van der Waals surface area contributed by atoms with Gasteiger partial charge in [-0.3, -0.25) is 4.90 Å². The monoisotopic (exact) mass is 418 g/mol. The van der Waals surface area contributed by atoms with E-state index in [1.54, 1.807) is 0 Å². The van der Waals surface area contributed by atoms with E-state index < -0.39 is 6.10 Å². The third-order valence-electron chi connectivity index (χ3n) is 5.20. The third-order valence-corrected chi connectivity index (χ3v) is 5.43. The molecule has 29 heavy (non-hydrogen) atoms. The highest BCUT2D eigenvalue weighted by atomic mass is 35.5. The zero-order valence-corrected chi connectivity index (χ0v) is 17.1. The van der Waals surface area contributed by atoms with Crippen molar-refractivity contribution in [3.05, 3.63) is 53.6 Å². The van der Waals surface area contributed by atoms with Crippen molar-refractivity contribution in [3.63, 3.8) is 0 Å². The van der Waals surface area contributed by atoms with Crippen LogP contribution >= 0.6 is 11.6 Å². The molecule has 0 aliphatic carbocycles. The summed E-state index contributed by atoms with van der Waals surface area (Å²) in [5.41, 5.74) is 1.15. The van der Waals surface area contributed by atoms with Gasteiger partial charge in [-0.05, 0) is 30.3 Å². The van der Waals surface area contributed by atoms with Crippen molar-refractivity contribution < 1.29 is 19.3 Å². The predicted octanol–water partition coefficient (Wildman–Crippen LogP) is 2.68. The van der Waals surface area contributed by atoms with Crippen LogP contribution in [0, 0.1) is 0 Å². The minimum absolute atomic E-state index is 0.154. The average Bonchev–Trinajstić information content (AvgIpc) is 2.74. The number of rotatable bonds is 7. The van der Waals surface area contributed by atoms with Crippen molar-refractivity contribution in [2.24, 2.45) is 0 Å². The Kier molecular flexibility index (Phi) is 6.77. The van der Waals surface area contributed by atoms with Crippen LogP contribution in [0.1, 0.15) is 0 Å². The van der Waals surface area contributed by atoms with Gasteiger partial charge in [-0.1, -0.05) is 29.8 Å². The number of aliphatic hydroxyl groups is 1. The van der Waals surface area contributed by atoms with E-state index in [1.165, 1.54) is 0 Å². The molecule has 0 bridgehead atoms. The Morgan fingerprint density at radius 1 is 1.07 bits per heavy atom. The maximum Gasteiger partial charge on any atom is 0.161 e. The van der Waals surface area contributed by atoms with Gasteiger partial charge in [0.05, 0.1) is 19.3 Å². The van der Waals surface area contributed by atoms with Crippen LogP contribution in [0.25, 0.3) is 0 Å². The van der Waals surface area contributed by atoms with Crippen molar-refractivity contribution in [2.75, 3.05) is 57.4 Å². The fraction of sp³-hybridized carbons (Fsp3) is 0.455. The second-order valence-corrected chi connectivity index (χ2v) is 7.89. The number of fused-ring (bicyclic) bond motifs is 1. The van der Waals surface area contributed by atoms with E-state index in [9.17, 15) is 5.11 Å². The van der Waals surface area contributed by atoms with Crippen molar-refractivity contribution in [3.8, 4) is 11.5 Å². The van der Waals surface area contributed by atoms with Crippen molar-refractivity contribution in [2.45, 2.75) is 12.2 Å². The second kappa shape index (κ2) is 9.67. The summed E-state index contributed by atoms with van der Waals surface area (Å²) < 4.78 is 17.2. The molecular weight excluding hydrogens is 392 g/mol. The average molecular weight is 419 g/mol. The summed E-state index contributed by atoms with van der Waals surface area (Å²) in [6, 6.07) is 15.6. The lowest BCUT2D eigenvalue weighted by Gasteiger charge is -2.37. The van der Waals surface area contributed by atoms with Crippen LogP contribution in [0.4, 0.5) is 5.69 Å². The first-order valence-electron chi connectivity index (χ1n) is 10.0. The molecule has 156 valence electrons. The Bertz CT molecular complexity index is 798. The highest BCUT2D eigenvalue weighted by Crippen LogP contribution is 2.30. The lowest BCUT2D eigenvalue weighted by Crippen LogP contribution is -2.49. The summed E-state index contributed by atoms with van der Waals surface area (Å²) in [5, 5.41) is 11.1. The fourth-order valence-electron chi connectivity index (χ4n) is 3.69. The molecule has 2 aliphatic rings. The zero-order valence-electron chi connectivity index (χ0n) is 16.4. The molecule has 0 spiro atoms. The number of para-hydroxylation sites is 2. The standard InChI is InChI=1S/C22H27ClN2O4/c23-17-4-3-5-18(12-17)25-10-8-24(9-11-25)13-19(26)14-27-15-20-16-28-21-6-1-2-7-22(21)29-20/h1-7,12,19-20,26H,8-11,13-16H2/t19-,20-/m1/s1. The molecule has 0 amide bonds. The van der Waals surface area contributed by atoms with Crippen molar-refractivity contribution in [1.29, 1.82) is 0 Å². The lowest BCUT2D eigenvalue weighted by atomic mass is 10.2. The maximum absolute atomic E-state index is 10.3. The molecule has 6 nitrogen and oxygen atoms in total. The predicted molar refractivity (Wildman–Crippen MR) is 113 cm³/mol. The molecule has 2 heterocycles. The third kappa shape index (κ3) is 5.54. The number of aliphatic hydroxyl groups excluding tert-OH is 1. The zero-order chi connectivity index (χ0) is 20.1. The largest absolute Gasteiger partial charge is 0.486 e. The minimum atomic E-state index is -0.524. The van der Waals surface area contributed by atoms with Crippen LogP contribution in [-0.4, -0.2) is 74.8 Å². The van der Waals surface area contributed by atoms with Gasteiger partial charge in [0.1, 0.15) is 6.61 Å². The summed E-state index contributed by atoms with van der Waals surface area (Å²) in [7, 11) is 0. The summed E-state index contributed by atoms with van der Waals surface area (Å²) in [4.78, 5) is 4.59. The molecule has 0 unspecified atom stereocenters. The number of hydrogen-bond acceptors (Lipinski definition) is 6. The minimum Gasteiger partial charge on any atom is -0.486 e. The van der Waals surface area contributed by atoms with Gasteiger partial charge in [0.25, 0.3) is 0 Å². The molecule has 2 aromatic rings. The first-order valence-corrected chi connectivity index (χ1v) is 10.4. The number of hydrogen-bond donors (Lipinski definition) is 1. The fourth-order valence-corrected chi connectivity index (χ4v) is 3.88. The molecule has 1 saturated heterocycles. The summed E-state index contributed by atoms with van der Waals surface area (Å²) >= 11 is 6.09. The first-order chi connectivity index (χ1) is 14.2. The van der Waals surface area contributed by atoms with Gasteiger partial charge in [0.2, 0.25) is 0 Å². The maximum atomic E-state index is 10.3. The van der Waals surface area contributed by atoms with Crippen LogP contribution in [0.15, 0.2) is 48.5 Å². The number of benzene rings is 2. The quantitative estimate of drug-likeness (QED) is 0.746. The number of β-amino-alcohol motifs (C(OH)–C–C–N with tert-alkyl or cyclic N) is 1.